The zero-order valence-electron chi connectivity index (χ0n) is 14.0. The monoisotopic (exact) mass is 328 g/mol. The van der Waals surface area contributed by atoms with Gasteiger partial charge in [-0.2, -0.15) is 0 Å². The molecule has 5 heteroatoms. The summed E-state index contributed by atoms with van der Waals surface area (Å²) < 4.78 is 5.36. The molecular weight excluding hydrogens is 300 g/mol. The summed E-state index contributed by atoms with van der Waals surface area (Å²) in [6.07, 6.45) is 2.12. The van der Waals surface area contributed by atoms with Crippen LogP contribution in [-0.2, 0) is 4.79 Å². The van der Waals surface area contributed by atoms with E-state index in [2.05, 4.69) is 19.2 Å². The second-order valence-electron chi connectivity index (χ2n) is 5.59. The average molecular weight is 329 g/mol. The molecule has 1 amide bonds. The summed E-state index contributed by atoms with van der Waals surface area (Å²) in [5.74, 6) is 0.974. The number of methoxy groups -OCH3 is 1. The van der Waals surface area contributed by atoms with Crippen LogP contribution in [0.15, 0.2) is 24.3 Å². The van der Waals surface area contributed by atoms with E-state index in [9.17, 15) is 4.79 Å². The molecule has 0 radical (unpaired) electrons. The van der Waals surface area contributed by atoms with E-state index >= 15 is 0 Å². The van der Waals surface area contributed by atoms with Gasteiger partial charge in [0.15, 0.2) is 0 Å². The van der Waals surface area contributed by atoms with Crippen molar-refractivity contribution in [3.63, 3.8) is 0 Å². The van der Waals surface area contributed by atoms with E-state index < -0.39 is 0 Å². The van der Waals surface area contributed by atoms with Gasteiger partial charge in [0.05, 0.1) is 12.6 Å². The van der Waals surface area contributed by atoms with Crippen LogP contribution in [0.4, 0.5) is 0 Å². The first-order chi connectivity index (χ1) is 10.0. The van der Waals surface area contributed by atoms with Crippen LogP contribution in [0.5, 0.6) is 5.75 Å². The molecule has 0 aliphatic carbocycles. The van der Waals surface area contributed by atoms with Crippen molar-refractivity contribution in [3.8, 4) is 5.75 Å². The Balaban J connectivity index is 0.00000441. The van der Waals surface area contributed by atoms with Crippen LogP contribution in [0, 0.1) is 0 Å². The van der Waals surface area contributed by atoms with Crippen molar-refractivity contribution in [2.45, 2.75) is 51.5 Å². The molecule has 1 aromatic rings. The molecule has 0 bridgehead atoms. The minimum Gasteiger partial charge on any atom is -0.496 e. The molecule has 1 aromatic carbocycles. The fourth-order valence-electron chi connectivity index (χ4n) is 2.57. The molecule has 0 saturated carbocycles. The third-order valence-electron chi connectivity index (χ3n) is 4.31. The minimum atomic E-state index is -0.280. The number of carbonyl (C=O) groups excluding carboxylic acids is 1. The molecule has 1 atom stereocenters. The molecule has 0 heterocycles. The summed E-state index contributed by atoms with van der Waals surface area (Å²) in [6, 6.07) is 7.83. The molecule has 0 spiro atoms. The number of hydrogen-bond acceptors (Lipinski definition) is 3. The van der Waals surface area contributed by atoms with Crippen LogP contribution < -0.4 is 15.8 Å². The van der Waals surface area contributed by atoms with Gasteiger partial charge in [0.1, 0.15) is 5.75 Å². The van der Waals surface area contributed by atoms with Crippen molar-refractivity contribution < 1.29 is 9.53 Å². The summed E-state index contributed by atoms with van der Waals surface area (Å²) >= 11 is 0. The lowest BCUT2D eigenvalue weighted by molar-refractivity contribution is -0.123. The van der Waals surface area contributed by atoms with Crippen LogP contribution in [-0.4, -0.2) is 25.1 Å². The van der Waals surface area contributed by atoms with Crippen molar-refractivity contribution >= 4 is 18.3 Å². The first-order valence-electron chi connectivity index (χ1n) is 7.65. The molecule has 126 valence electrons. The summed E-state index contributed by atoms with van der Waals surface area (Å²) in [6.45, 7) is 6.62. The standard InChI is InChI=1S/C17H28N2O2.ClH/c1-5-17(6-2,12-18)19-16(20)11-13(3)14-9-7-8-10-15(14)21-4;/h7-10,13H,5-6,11-12,18H2,1-4H3,(H,19,20);1H. The topological polar surface area (TPSA) is 64.3 Å². The average Bonchev–Trinajstić information content (AvgIpc) is 2.52. The van der Waals surface area contributed by atoms with Crippen LogP contribution in [0.3, 0.4) is 0 Å². The Morgan fingerprint density at radius 2 is 1.91 bits per heavy atom. The van der Waals surface area contributed by atoms with Crippen LogP contribution in [0.2, 0.25) is 0 Å². The number of nitrogens with two attached hydrogens (primary N) is 1. The van der Waals surface area contributed by atoms with Gasteiger partial charge in [-0.3, -0.25) is 4.79 Å². The van der Waals surface area contributed by atoms with Gasteiger partial charge >= 0.3 is 0 Å². The maximum atomic E-state index is 12.3. The largest absolute Gasteiger partial charge is 0.496 e. The van der Waals surface area contributed by atoms with E-state index in [1.165, 1.54) is 0 Å². The Bertz CT molecular complexity index is 453. The molecule has 0 aliphatic rings. The summed E-state index contributed by atoms with van der Waals surface area (Å²) in [7, 11) is 1.65. The maximum Gasteiger partial charge on any atom is 0.221 e. The van der Waals surface area contributed by atoms with Gasteiger partial charge in [-0.05, 0) is 30.4 Å². The van der Waals surface area contributed by atoms with Gasteiger partial charge in [-0.1, -0.05) is 39.0 Å². The second-order valence-corrected chi connectivity index (χ2v) is 5.59. The highest BCUT2D eigenvalue weighted by Crippen LogP contribution is 2.28. The molecule has 3 N–H and O–H groups in total. The summed E-state index contributed by atoms with van der Waals surface area (Å²) in [4.78, 5) is 12.3. The molecule has 1 rings (SSSR count). The SMILES string of the molecule is CCC(CC)(CN)NC(=O)CC(C)c1ccccc1OC.Cl. The number of hydrogen-bond donors (Lipinski definition) is 2. The summed E-state index contributed by atoms with van der Waals surface area (Å²) in [5, 5.41) is 3.11. The van der Waals surface area contributed by atoms with Gasteiger partial charge in [0, 0.05) is 13.0 Å². The van der Waals surface area contributed by atoms with Crippen LogP contribution in [0.25, 0.3) is 0 Å². The third kappa shape index (κ3) is 5.18. The number of ether oxygens (including phenoxy) is 1. The van der Waals surface area contributed by atoms with E-state index in [4.69, 9.17) is 10.5 Å². The van der Waals surface area contributed by atoms with Gasteiger partial charge in [0.25, 0.3) is 0 Å². The van der Waals surface area contributed by atoms with Crippen LogP contribution >= 0.6 is 12.4 Å². The lowest BCUT2D eigenvalue weighted by atomic mass is 9.91. The van der Waals surface area contributed by atoms with E-state index in [0.29, 0.717) is 13.0 Å². The predicted molar refractivity (Wildman–Crippen MR) is 93.8 cm³/mol. The number of benzene rings is 1. The highest BCUT2D eigenvalue weighted by atomic mass is 35.5. The number of para-hydroxylation sites is 1. The number of nitrogens with one attached hydrogen (secondary N) is 1. The number of amides is 1. The van der Waals surface area contributed by atoms with Gasteiger partial charge < -0.3 is 15.8 Å². The fraction of sp³-hybridized carbons (Fsp3) is 0.588. The smallest absolute Gasteiger partial charge is 0.221 e. The van der Waals surface area contributed by atoms with E-state index in [1.807, 2.05) is 31.2 Å². The van der Waals surface area contributed by atoms with Gasteiger partial charge in [0.2, 0.25) is 5.91 Å². The number of halogens is 1. The van der Waals surface area contributed by atoms with E-state index in [0.717, 1.165) is 24.2 Å². The van der Waals surface area contributed by atoms with Crippen molar-refractivity contribution in [1.29, 1.82) is 0 Å². The summed E-state index contributed by atoms with van der Waals surface area (Å²) in [5.41, 5.74) is 6.61. The van der Waals surface area contributed by atoms with Crippen molar-refractivity contribution in [2.24, 2.45) is 5.73 Å². The van der Waals surface area contributed by atoms with Gasteiger partial charge in [-0.25, -0.2) is 0 Å². The normalized spacial score (nSPS) is 12.2. The maximum absolute atomic E-state index is 12.3. The molecule has 1 unspecified atom stereocenters. The van der Waals surface area contributed by atoms with Crippen LogP contribution in [0.1, 0.15) is 51.5 Å². The highest BCUT2D eigenvalue weighted by Gasteiger charge is 2.27. The molecule has 22 heavy (non-hydrogen) atoms. The second kappa shape index (κ2) is 9.70. The van der Waals surface area contributed by atoms with E-state index in [1.54, 1.807) is 7.11 Å². The van der Waals surface area contributed by atoms with Gasteiger partial charge in [-0.15, -0.1) is 12.4 Å². The molecule has 0 aliphatic heterocycles. The van der Waals surface area contributed by atoms with Crippen molar-refractivity contribution in [3.05, 3.63) is 29.8 Å². The number of rotatable bonds is 8. The Kier molecular flexibility index (Phi) is 9.14. The highest BCUT2D eigenvalue weighted by molar-refractivity contribution is 5.85. The van der Waals surface area contributed by atoms with Crippen molar-refractivity contribution in [1.82, 2.24) is 5.32 Å². The number of carbonyl (C=O) groups is 1. The quantitative estimate of drug-likeness (QED) is 0.770. The Morgan fingerprint density at radius 3 is 2.41 bits per heavy atom. The Hall–Kier alpha value is -1.26. The molecular formula is C17H29ClN2O2. The first-order valence-corrected chi connectivity index (χ1v) is 7.65. The minimum absolute atomic E-state index is 0. The first kappa shape index (κ1) is 20.7. The lowest BCUT2D eigenvalue weighted by Crippen LogP contribution is -2.53. The van der Waals surface area contributed by atoms with Crippen molar-refractivity contribution in [2.75, 3.05) is 13.7 Å². The molecule has 4 nitrogen and oxygen atoms in total. The molecule has 0 fully saturated rings. The Morgan fingerprint density at radius 1 is 1.32 bits per heavy atom. The fourth-order valence-corrected chi connectivity index (χ4v) is 2.57. The lowest BCUT2D eigenvalue weighted by Gasteiger charge is -2.32. The zero-order chi connectivity index (χ0) is 15.9. The molecule has 0 saturated heterocycles. The molecule has 0 aromatic heterocycles. The predicted octanol–water partition coefficient (Wildman–Crippen LogP) is 3.24. The van der Waals surface area contributed by atoms with E-state index in [-0.39, 0.29) is 29.8 Å². The Labute approximate surface area is 140 Å². The third-order valence-corrected chi connectivity index (χ3v) is 4.31. The zero-order valence-corrected chi connectivity index (χ0v) is 14.8.